The highest BCUT2D eigenvalue weighted by Gasteiger charge is 2.14. The number of nitro groups is 1. The molecule has 0 bridgehead atoms. The predicted octanol–water partition coefficient (Wildman–Crippen LogP) is 2.44. The number of rotatable bonds is 3. The maximum absolute atomic E-state index is 10.5. The molecule has 0 atom stereocenters. The third kappa shape index (κ3) is 2.08. The van der Waals surface area contributed by atoms with E-state index in [0.29, 0.717) is 17.3 Å². The minimum Gasteiger partial charge on any atom is -0.399 e. The summed E-state index contributed by atoms with van der Waals surface area (Å²) in [6, 6.07) is 8.32. The van der Waals surface area contributed by atoms with Crippen molar-refractivity contribution in [3.05, 3.63) is 59.2 Å². The van der Waals surface area contributed by atoms with Crippen LogP contribution >= 0.6 is 0 Å². The fraction of sp³-hybridized carbons (Fsp3) is 0. The molecule has 7 nitrogen and oxygen atoms in total. The molecule has 3 aromatic rings. The van der Waals surface area contributed by atoms with Gasteiger partial charge in [-0.15, -0.1) is 0 Å². The molecule has 3 heterocycles. The summed E-state index contributed by atoms with van der Waals surface area (Å²) in [6.07, 6.45) is 4.95. The van der Waals surface area contributed by atoms with Gasteiger partial charge < -0.3 is 4.42 Å². The van der Waals surface area contributed by atoms with Gasteiger partial charge in [-0.05, 0) is 18.2 Å². The summed E-state index contributed by atoms with van der Waals surface area (Å²) in [5.41, 5.74) is 0.513. The van der Waals surface area contributed by atoms with Crippen LogP contribution in [0.3, 0.4) is 0 Å². The van der Waals surface area contributed by atoms with Crippen LogP contribution in [-0.4, -0.2) is 19.5 Å². The molecule has 0 amide bonds. The van der Waals surface area contributed by atoms with Gasteiger partial charge in [-0.2, -0.15) is 0 Å². The van der Waals surface area contributed by atoms with Crippen LogP contribution in [-0.2, 0) is 0 Å². The first kappa shape index (κ1) is 11.1. The smallest absolute Gasteiger partial charge is 0.399 e. The molecule has 3 rings (SSSR count). The van der Waals surface area contributed by atoms with E-state index in [1.807, 2.05) is 18.2 Å². The van der Waals surface area contributed by atoms with Crippen molar-refractivity contribution in [2.24, 2.45) is 0 Å². The van der Waals surface area contributed by atoms with E-state index in [1.165, 1.54) is 12.1 Å². The number of hydrogen-bond acceptors (Lipinski definition) is 5. The number of hydrogen-bond donors (Lipinski definition) is 0. The van der Waals surface area contributed by atoms with Crippen molar-refractivity contribution in [1.29, 1.82) is 0 Å². The molecular formula is C12H8N4O3. The van der Waals surface area contributed by atoms with Crippen LogP contribution in [0.5, 0.6) is 0 Å². The van der Waals surface area contributed by atoms with Crippen molar-refractivity contribution in [2.75, 3.05) is 0 Å². The molecule has 0 N–H and O–H groups in total. The molecule has 7 heteroatoms. The van der Waals surface area contributed by atoms with Crippen LogP contribution in [0.25, 0.3) is 17.3 Å². The first-order valence-electron chi connectivity index (χ1n) is 5.44. The lowest BCUT2D eigenvalue weighted by Gasteiger charge is -1.97. The van der Waals surface area contributed by atoms with Gasteiger partial charge in [0.25, 0.3) is 0 Å². The van der Waals surface area contributed by atoms with Crippen LogP contribution in [0.1, 0.15) is 0 Å². The molecule has 3 aromatic heterocycles. The average Bonchev–Trinajstić information content (AvgIpc) is 3.09. The van der Waals surface area contributed by atoms with Gasteiger partial charge in [0.1, 0.15) is 22.8 Å². The van der Waals surface area contributed by atoms with Crippen molar-refractivity contribution in [1.82, 2.24) is 14.5 Å². The molecule has 0 aliphatic carbocycles. The molecule has 0 aliphatic rings. The highest BCUT2D eigenvalue weighted by atomic mass is 16.6. The summed E-state index contributed by atoms with van der Waals surface area (Å²) in [7, 11) is 0. The van der Waals surface area contributed by atoms with Gasteiger partial charge in [0.2, 0.25) is 0 Å². The molecule has 0 saturated carbocycles. The molecule has 0 radical (unpaired) electrons. The second-order valence-corrected chi connectivity index (χ2v) is 3.75. The number of imidazole rings is 1. The van der Waals surface area contributed by atoms with Crippen LogP contribution in [0, 0.1) is 10.1 Å². The van der Waals surface area contributed by atoms with Crippen molar-refractivity contribution >= 4 is 5.88 Å². The molecule has 0 aliphatic heterocycles. The zero-order valence-electron chi connectivity index (χ0n) is 9.63. The SMILES string of the molecule is O=[N+]([O-])c1ccc(-c2cn(-c3ccccn3)cn2)o1. The first-order chi connectivity index (χ1) is 9.24. The van der Waals surface area contributed by atoms with Crippen molar-refractivity contribution in [3.63, 3.8) is 0 Å². The first-order valence-corrected chi connectivity index (χ1v) is 5.44. The highest BCUT2D eigenvalue weighted by Crippen LogP contribution is 2.24. The number of aromatic nitrogens is 3. The maximum Gasteiger partial charge on any atom is 0.433 e. The fourth-order valence-corrected chi connectivity index (χ4v) is 1.65. The topological polar surface area (TPSA) is 87.0 Å². The van der Waals surface area contributed by atoms with Gasteiger partial charge in [0, 0.05) is 12.4 Å². The summed E-state index contributed by atoms with van der Waals surface area (Å²) in [6.45, 7) is 0. The molecule has 0 fully saturated rings. The third-order valence-electron chi connectivity index (χ3n) is 2.52. The third-order valence-corrected chi connectivity index (χ3v) is 2.52. The van der Waals surface area contributed by atoms with Crippen LogP contribution in [0.15, 0.2) is 53.5 Å². The van der Waals surface area contributed by atoms with Crippen molar-refractivity contribution in [3.8, 4) is 17.3 Å². The van der Waals surface area contributed by atoms with E-state index in [-0.39, 0.29) is 5.88 Å². The van der Waals surface area contributed by atoms with E-state index in [2.05, 4.69) is 9.97 Å². The minimum absolute atomic E-state index is 0.303. The van der Waals surface area contributed by atoms with E-state index in [4.69, 9.17) is 4.42 Å². The molecule has 0 unspecified atom stereocenters. The van der Waals surface area contributed by atoms with Crippen LogP contribution in [0.2, 0.25) is 0 Å². The Morgan fingerprint density at radius 3 is 2.79 bits per heavy atom. The van der Waals surface area contributed by atoms with Gasteiger partial charge in [-0.1, -0.05) is 6.07 Å². The Hall–Kier alpha value is -2.96. The monoisotopic (exact) mass is 256 g/mol. The average molecular weight is 256 g/mol. The second-order valence-electron chi connectivity index (χ2n) is 3.75. The number of nitrogens with zero attached hydrogens (tertiary/aromatic N) is 4. The van der Waals surface area contributed by atoms with E-state index < -0.39 is 4.92 Å². The fourth-order valence-electron chi connectivity index (χ4n) is 1.65. The van der Waals surface area contributed by atoms with E-state index in [0.717, 1.165) is 0 Å². The van der Waals surface area contributed by atoms with E-state index in [9.17, 15) is 10.1 Å². The highest BCUT2D eigenvalue weighted by molar-refractivity contribution is 5.53. The van der Waals surface area contributed by atoms with Crippen molar-refractivity contribution in [2.45, 2.75) is 0 Å². The number of pyridine rings is 1. The normalized spacial score (nSPS) is 10.5. The standard InChI is InChI=1S/C12H8N4O3/c17-16(18)12-5-4-10(19-12)9-7-15(8-14-9)11-3-1-2-6-13-11/h1-8H. The largest absolute Gasteiger partial charge is 0.433 e. The van der Waals surface area contributed by atoms with Gasteiger partial charge in [-0.3, -0.25) is 14.7 Å². The van der Waals surface area contributed by atoms with Crippen LogP contribution in [0.4, 0.5) is 5.88 Å². The van der Waals surface area contributed by atoms with Gasteiger partial charge in [-0.25, -0.2) is 9.97 Å². The quantitative estimate of drug-likeness (QED) is 0.530. The molecule has 0 saturated heterocycles. The Labute approximate surface area is 107 Å². The predicted molar refractivity (Wildman–Crippen MR) is 65.7 cm³/mol. The Morgan fingerprint density at radius 2 is 2.11 bits per heavy atom. The summed E-state index contributed by atoms with van der Waals surface area (Å²) < 4.78 is 6.80. The lowest BCUT2D eigenvalue weighted by molar-refractivity contribution is -0.401. The van der Waals surface area contributed by atoms with Gasteiger partial charge in [0.05, 0.1) is 6.07 Å². The Kier molecular flexibility index (Phi) is 2.57. The Bertz CT molecular complexity index is 717. The van der Waals surface area contributed by atoms with Gasteiger partial charge in [0.15, 0.2) is 5.76 Å². The van der Waals surface area contributed by atoms with Gasteiger partial charge >= 0.3 is 5.88 Å². The van der Waals surface area contributed by atoms with E-state index >= 15 is 0 Å². The summed E-state index contributed by atoms with van der Waals surface area (Å²) in [4.78, 5) is 18.3. The minimum atomic E-state index is -0.584. The molecular weight excluding hydrogens is 248 g/mol. The molecule has 0 aromatic carbocycles. The molecule has 0 spiro atoms. The van der Waals surface area contributed by atoms with Crippen LogP contribution < -0.4 is 0 Å². The Morgan fingerprint density at radius 1 is 1.21 bits per heavy atom. The lowest BCUT2D eigenvalue weighted by atomic mass is 10.3. The molecule has 94 valence electrons. The van der Waals surface area contributed by atoms with E-state index in [1.54, 1.807) is 23.3 Å². The molecule has 19 heavy (non-hydrogen) atoms. The summed E-state index contributed by atoms with van der Waals surface area (Å²) >= 11 is 0. The van der Waals surface area contributed by atoms with Crippen molar-refractivity contribution < 1.29 is 9.34 Å². The summed E-state index contributed by atoms with van der Waals surface area (Å²) in [5, 5.41) is 10.5. The summed E-state index contributed by atoms with van der Waals surface area (Å²) in [5.74, 6) is 0.756. The maximum atomic E-state index is 10.5. The Balaban J connectivity index is 1.94. The zero-order valence-corrected chi connectivity index (χ0v) is 9.63. The lowest BCUT2D eigenvalue weighted by Crippen LogP contribution is -1.91. The number of furan rings is 1. The second kappa shape index (κ2) is 4.37. The zero-order chi connectivity index (χ0) is 13.2.